The number of morpholine rings is 1. The zero-order valence-electron chi connectivity index (χ0n) is 14.6. The molecule has 5 heteroatoms. The lowest BCUT2D eigenvalue weighted by Gasteiger charge is -2.40. The van der Waals surface area contributed by atoms with Crippen molar-refractivity contribution in [3.63, 3.8) is 0 Å². The molecule has 1 amide bonds. The Balaban J connectivity index is 1.63. The molecule has 1 heterocycles. The van der Waals surface area contributed by atoms with Crippen LogP contribution in [0.15, 0.2) is 54.6 Å². The first-order chi connectivity index (χ1) is 12.1. The Kier molecular flexibility index (Phi) is 5.24. The number of ether oxygens (including phenoxy) is 3. The van der Waals surface area contributed by atoms with Gasteiger partial charge in [-0.15, -0.1) is 0 Å². The maximum absolute atomic E-state index is 12.2. The standard InChI is InChI=1S/C20H23NO4/c1-20(15-24-18-10-6-9-17(11-18)23-2)14-21(19(22)13-25-20)12-16-7-4-3-5-8-16/h3-11H,12-15H2,1-2H3. The Morgan fingerprint density at radius 2 is 1.88 bits per heavy atom. The van der Waals surface area contributed by atoms with Crippen LogP contribution in [0.4, 0.5) is 0 Å². The Morgan fingerprint density at radius 3 is 2.64 bits per heavy atom. The molecule has 1 aliphatic heterocycles. The van der Waals surface area contributed by atoms with Crippen LogP contribution in [-0.4, -0.2) is 43.3 Å². The molecule has 1 atom stereocenters. The highest BCUT2D eigenvalue weighted by Gasteiger charge is 2.36. The van der Waals surface area contributed by atoms with Gasteiger partial charge in [0.2, 0.25) is 5.91 Å². The van der Waals surface area contributed by atoms with Crippen molar-refractivity contribution in [3.8, 4) is 11.5 Å². The van der Waals surface area contributed by atoms with Gasteiger partial charge in [-0.2, -0.15) is 0 Å². The average Bonchev–Trinajstić information content (AvgIpc) is 2.64. The van der Waals surface area contributed by atoms with E-state index < -0.39 is 5.60 Å². The van der Waals surface area contributed by atoms with Crippen molar-refractivity contribution < 1.29 is 19.0 Å². The molecule has 1 aliphatic rings. The second kappa shape index (κ2) is 7.57. The number of nitrogens with zero attached hydrogens (tertiary/aromatic N) is 1. The minimum absolute atomic E-state index is 0.00251. The van der Waals surface area contributed by atoms with Crippen LogP contribution < -0.4 is 9.47 Å². The summed E-state index contributed by atoms with van der Waals surface area (Å²) < 4.78 is 16.9. The summed E-state index contributed by atoms with van der Waals surface area (Å²) in [4.78, 5) is 14.0. The highest BCUT2D eigenvalue weighted by atomic mass is 16.5. The minimum atomic E-state index is -0.550. The first-order valence-electron chi connectivity index (χ1n) is 8.30. The van der Waals surface area contributed by atoms with Crippen molar-refractivity contribution in [2.24, 2.45) is 0 Å². The van der Waals surface area contributed by atoms with Gasteiger partial charge in [0, 0.05) is 12.6 Å². The zero-order valence-corrected chi connectivity index (χ0v) is 14.6. The van der Waals surface area contributed by atoms with Crippen LogP contribution >= 0.6 is 0 Å². The molecule has 3 rings (SSSR count). The van der Waals surface area contributed by atoms with Crippen LogP contribution in [0.3, 0.4) is 0 Å². The highest BCUT2D eigenvalue weighted by molar-refractivity contribution is 5.78. The summed E-state index contributed by atoms with van der Waals surface area (Å²) in [5.74, 6) is 1.46. The molecule has 0 saturated carbocycles. The maximum Gasteiger partial charge on any atom is 0.249 e. The van der Waals surface area contributed by atoms with Gasteiger partial charge in [-0.1, -0.05) is 36.4 Å². The molecule has 2 aromatic rings. The molecule has 1 unspecified atom stereocenters. The van der Waals surface area contributed by atoms with E-state index in [0.717, 1.165) is 17.1 Å². The Labute approximate surface area is 148 Å². The summed E-state index contributed by atoms with van der Waals surface area (Å²) in [6.45, 7) is 3.48. The van der Waals surface area contributed by atoms with Gasteiger partial charge in [0.05, 0.1) is 13.7 Å². The van der Waals surface area contributed by atoms with Gasteiger partial charge in [0.25, 0.3) is 0 Å². The van der Waals surface area contributed by atoms with Crippen LogP contribution in [0.2, 0.25) is 0 Å². The topological polar surface area (TPSA) is 48.0 Å². The fourth-order valence-electron chi connectivity index (χ4n) is 2.83. The molecular formula is C20H23NO4. The van der Waals surface area contributed by atoms with Crippen LogP contribution in [-0.2, 0) is 16.1 Å². The van der Waals surface area contributed by atoms with Crippen molar-refractivity contribution >= 4 is 5.91 Å². The molecule has 5 nitrogen and oxygen atoms in total. The van der Waals surface area contributed by atoms with Gasteiger partial charge in [0.15, 0.2) is 0 Å². The average molecular weight is 341 g/mol. The van der Waals surface area contributed by atoms with E-state index in [9.17, 15) is 4.79 Å². The van der Waals surface area contributed by atoms with Crippen LogP contribution in [0.1, 0.15) is 12.5 Å². The molecule has 1 saturated heterocycles. The number of carbonyl (C=O) groups excluding carboxylic acids is 1. The number of carbonyl (C=O) groups is 1. The van der Waals surface area contributed by atoms with E-state index in [0.29, 0.717) is 19.7 Å². The number of rotatable bonds is 6. The molecule has 0 aliphatic carbocycles. The zero-order chi connectivity index (χ0) is 17.7. The smallest absolute Gasteiger partial charge is 0.249 e. The third-order valence-electron chi connectivity index (χ3n) is 4.22. The minimum Gasteiger partial charge on any atom is -0.497 e. The van der Waals surface area contributed by atoms with Gasteiger partial charge in [0.1, 0.15) is 30.3 Å². The lowest BCUT2D eigenvalue weighted by molar-refractivity contribution is -0.166. The summed E-state index contributed by atoms with van der Waals surface area (Å²) >= 11 is 0. The SMILES string of the molecule is COc1cccc(OCC2(C)CN(Cc3ccccc3)C(=O)CO2)c1. The van der Waals surface area contributed by atoms with Gasteiger partial charge < -0.3 is 19.1 Å². The van der Waals surface area contributed by atoms with E-state index in [-0.39, 0.29) is 12.5 Å². The number of hydrogen-bond donors (Lipinski definition) is 0. The third kappa shape index (κ3) is 4.51. The maximum atomic E-state index is 12.2. The number of amides is 1. The molecule has 2 aromatic carbocycles. The van der Waals surface area contributed by atoms with Crippen molar-refractivity contribution in [1.82, 2.24) is 4.90 Å². The largest absolute Gasteiger partial charge is 0.497 e. The molecule has 132 valence electrons. The van der Waals surface area contributed by atoms with Crippen molar-refractivity contribution in [2.45, 2.75) is 19.1 Å². The first kappa shape index (κ1) is 17.3. The van der Waals surface area contributed by atoms with Gasteiger partial charge in [-0.3, -0.25) is 4.79 Å². The van der Waals surface area contributed by atoms with E-state index in [2.05, 4.69) is 0 Å². The van der Waals surface area contributed by atoms with Crippen LogP contribution in [0.5, 0.6) is 11.5 Å². The lowest BCUT2D eigenvalue weighted by Crippen LogP contribution is -2.55. The Bertz CT molecular complexity index is 719. The van der Waals surface area contributed by atoms with Crippen molar-refractivity contribution in [3.05, 3.63) is 60.2 Å². The molecular weight excluding hydrogens is 318 g/mol. The van der Waals surface area contributed by atoms with E-state index >= 15 is 0 Å². The normalized spacial score (nSPS) is 20.4. The summed E-state index contributed by atoms with van der Waals surface area (Å²) in [6, 6.07) is 17.4. The quantitative estimate of drug-likeness (QED) is 0.811. The summed E-state index contributed by atoms with van der Waals surface area (Å²) in [6.07, 6.45) is 0. The third-order valence-corrected chi connectivity index (χ3v) is 4.22. The van der Waals surface area contributed by atoms with Crippen LogP contribution in [0.25, 0.3) is 0 Å². The van der Waals surface area contributed by atoms with E-state index in [1.54, 1.807) is 7.11 Å². The van der Waals surface area contributed by atoms with Crippen LogP contribution in [0, 0.1) is 0 Å². The second-order valence-electron chi connectivity index (χ2n) is 6.44. The monoisotopic (exact) mass is 341 g/mol. The molecule has 0 radical (unpaired) electrons. The number of benzene rings is 2. The highest BCUT2D eigenvalue weighted by Crippen LogP contribution is 2.24. The molecule has 1 fully saturated rings. The van der Waals surface area contributed by atoms with E-state index in [1.165, 1.54) is 0 Å². The number of hydrogen-bond acceptors (Lipinski definition) is 4. The van der Waals surface area contributed by atoms with Gasteiger partial charge >= 0.3 is 0 Å². The Morgan fingerprint density at radius 1 is 1.12 bits per heavy atom. The van der Waals surface area contributed by atoms with Gasteiger partial charge in [-0.05, 0) is 24.6 Å². The predicted molar refractivity (Wildman–Crippen MR) is 94.7 cm³/mol. The fourth-order valence-corrected chi connectivity index (χ4v) is 2.83. The summed E-state index contributed by atoms with van der Waals surface area (Å²) in [5.41, 5.74) is 0.556. The predicted octanol–water partition coefficient (Wildman–Crippen LogP) is 2.89. The van der Waals surface area contributed by atoms with E-state index in [1.807, 2.05) is 66.4 Å². The lowest BCUT2D eigenvalue weighted by atomic mass is 10.0. The molecule has 0 spiro atoms. The van der Waals surface area contributed by atoms with E-state index in [4.69, 9.17) is 14.2 Å². The summed E-state index contributed by atoms with van der Waals surface area (Å²) in [5, 5.41) is 0. The van der Waals surface area contributed by atoms with Crippen molar-refractivity contribution in [2.75, 3.05) is 26.9 Å². The number of methoxy groups -OCH3 is 1. The first-order valence-corrected chi connectivity index (χ1v) is 8.30. The molecule has 0 bridgehead atoms. The molecule has 0 aromatic heterocycles. The fraction of sp³-hybridized carbons (Fsp3) is 0.350. The molecule has 25 heavy (non-hydrogen) atoms. The Hall–Kier alpha value is -2.53. The second-order valence-corrected chi connectivity index (χ2v) is 6.44. The van der Waals surface area contributed by atoms with Gasteiger partial charge in [-0.25, -0.2) is 0 Å². The summed E-state index contributed by atoms with van der Waals surface area (Å²) in [7, 11) is 1.62. The molecule has 0 N–H and O–H groups in total. The van der Waals surface area contributed by atoms with Crippen molar-refractivity contribution in [1.29, 1.82) is 0 Å².